The number of aromatic nitrogens is 1. The number of anilines is 2. The summed E-state index contributed by atoms with van der Waals surface area (Å²) in [4.78, 5) is 27.4. The molecule has 0 saturated carbocycles. The lowest BCUT2D eigenvalue weighted by Crippen LogP contribution is -2.14. The van der Waals surface area contributed by atoms with Gasteiger partial charge in [-0.15, -0.1) is 0 Å². The van der Waals surface area contributed by atoms with Gasteiger partial charge in [-0.05, 0) is 36.2 Å². The molecule has 21 heavy (non-hydrogen) atoms. The number of nitrogens with one attached hydrogen (secondary N) is 2. The Morgan fingerprint density at radius 3 is 3.00 bits per heavy atom. The third-order valence-electron chi connectivity index (χ3n) is 3.34. The van der Waals surface area contributed by atoms with Crippen molar-refractivity contribution in [2.24, 2.45) is 0 Å². The van der Waals surface area contributed by atoms with E-state index in [1.807, 2.05) is 31.2 Å². The van der Waals surface area contributed by atoms with Gasteiger partial charge < -0.3 is 10.6 Å². The minimum absolute atomic E-state index is 0.00105. The van der Waals surface area contributed by atoms with E-state index in [1.165, 1.54) is 0 Å². The zero-order chi connectivity index (χ0) is 14.8. The van der Waals surface area contributed by atoms with E-state index >= 15 is 0 Å². The van der Waals surface area contributed by atoms with Crippen LogP contribution in [0.1, 0.15) is 16.8 Å². The van der Waals surface area contributed by atoms with Crippen molar-refractivity contribution in [2.45, 2.75) is 19.8 Å². The Morgan fingerprint density at radius 2 is 2.19 bits per heavy atom. The van der Waals surface area contributed by atoms with Gasteiger partial charge in [-0.25, -0.2) is 0 Å². The second kappa shape index (κ2) is 5.36. The number of amides is 2. The molecular weight excluding hydrogens is 266 g/mol. The molecule has 2 N–H and O–H groups in total. The molecule has 2 amide bonds. The summed E-state index contributed by atoms with van der Waals surface area (Å²) in [6, 6.07) is 9.20. The number of rotatable bonds is 3. The number of hydrogen-bond acceptors (Lipinski definition) is 3. The largest absolute Gasteiger partial charge is 0.326 e. The first kappa shape index (κ1) is 13.3. The summed E-state index contributed by atoms with van der Waals surface area (Å²) >= 11 is 0. The quantitative estimate of drug-likeness (QED) is 0.904. The zero-order valence-corrected chi connectivity index (χ0v) is 11.6. The highest BCUT2D eigenvalue weighted by atomic mass is 16.2. The maximum atomic E-state index is 12.0. The minimum Gasteiger partial charge on any atom is -0.326 e. The first-order chi connectivity index (χ1) is 10.1. The van der Waals surface area contributed by atoms with E-state index in [0.29, 0.717) is 6.42 Å². The number of carbonyl (C=O) groups is 2. The van der Waals surface area contributed by atoms with Gasteiger partial charge in [0.1, 0.15) is 0 Å². The third-order valence-corrected chi connectivity index (χ3v) is 3.34. The number of hydrogen-bond donors (Lipinski definition) is 2. The van der Waals surface area contributed by atoms with Crippen LogP contribution in [0.5, 0.6) is 0 Å². The van der Waals surface area contributed by atoms with Crippen LogP contribution in [-0.2, 0) is 22.4 Å². The SMILES string of the molecule is Cc1cc(NC(=O)Cc2ccc3c(c2)CC(=O)N3)ccn1. The van der Waals surface area contributed by atoms with Crippen LogP contribution in [-0.4, -0.2) is 16.8 Å². The van der Waals surface area contributed by atoms with E-state index in [9.17, 15) is 9.59 Å². The number of fused-ring (bicyclic) bond motifs is 1. The topological polar surface area (TPSA) is 71.1 Å². The molecule has 0 bridgehead atoms. The summed E-state index contributed by atoms with van der Waals surface area (Å²) in [6.45, 7) is 1.88. The fraction of sp³-hybridized carbons (Fsp3) is 0.188. The highest BCUT2D eigenvalue weighted by Gasteiger charge is 2.17. The first-order valence-electron chi connectivity index (χ1n) is 6.74. The van der Waals surface area contributed by atoms with Gasteiger partial charge in [-0.2, -0.15) is 0 Å². The van der Waals surface area contributed by atoms with Crippen molar-refractivity contribution in [1.82, 2.24) is 4.98 Å². The highest BCUT2D eigenvalue weighted by Crippen LogP contribution is 2.24. The van der Waals surface area contributed by atoms with Crippen molar-refractivity contribution < 1.29 is 9.59 Å². The molecule has 0 radical (unpaired) electrons. The van der Waals surface area contributed by atoms with Crippen LogP contribution in [0.3, 0.4) is 0 Å². The van der Waals surface area contributed by atoms with Crippen molar-refractivity contribution in [3.05, 3.63) is 53.3 Å². The summed E-state index contributed by atoms with van der Waals surface area (Å²) in [6.07, 6.45) is 2.33. The van der Waals surface area contributed by atoms with Gasteiger partial charge in [-0.3, -0.25) is 14.6 Å². The van der Waals surface area contributed by atoms with Crippen molar-refractivity contribution in [3.8, 4) is 0 Å². The fourth-order valence-corrected chi connectivity index (χ4v) is 2.41. The van der Waals surface area contributed by atoms with Crippen LogP contribution in [0.15, 0.2) is 36.5 Å². The second-order valence-corrected chi connectivity index (χ2v) is 5.13. The lowest BCUT2D eigenvalue weighted by molar-refractivity contribution is -0.116. The van der Waals surface area contributed by atoms with Crippen molar-refractivity contribution >= 4 is 23.2 Å². The molecule has 0 aliphatic carbocycles. The van der Waals surface area contributed by atoms with Crippen LogP contribution in [0, 0.1) is 6.92 Å². The minimum atomic E-state index is -0.0853. The van der Waals surface area contributed by atoms with Crippen LogP contribution in [0.25, 0.3) is 0 Å². The van der Waals surface area contributed by atoms with E-state index in [-0.39, 0.29) is 18.2 Å². The fourth-order valence-electron chi connectivity index (χ4n) is 2.41. The first-order valence-corrected chi connectivity index (χ1v) is 6.74. The van der Waals surface area contributed by atoms with Gasteiger partial charge >= 0.3 is 0 Å². The van der Waals surface area contributed by atoms with E-state index in [4.69, 9.17) is 0 Å². The smallest absolute Gasteiger partial charge is 0.228 e. The Labute approximate surface area is 122 Å². The Kier molecular flexibility index (Phi) is 3.39. The molecule has 0 atom stereocenters. The molecule has 1 aromatic heterocycles. The number of benzene rings is 1. The van der Waals surface area contributed by atoms with Gasteiger partial charge in [0.25, 0.3) is 0 Å². The molecule has 3 rings (SSSR count). The molecule has 5 nitrogen and oxygen atoms in total. The number of pyridine rings is 1. The van der Waals surface area contributed by atoms with E-state index in [0.717, 1.165) is 28.2 Å². The maximum absolute atomic E-state index is 12.0. The van der Waals surface area contributed by atoms with Gasteiger partial charge in [-0.1, -0.05) is 12.1 Å². The average molecular weight is 281 g/mol. The molecule has 1 aromatic carbocycles. The summed E-state index contributed by atoms with van der Waals surface area (Å²) < 4.78 is 0. The number of carbonyl (C=O) groups excluding carboxylic acids is 2. The molecule has 2 aromatic rings. The molecule has 2 heterocycles. The molecule has 0 spiro atoms. The average Bonchev–Trinajstić information content (AvgIpc) is 2.78. The van der Waals surface area contributed by atoms with Gasteiger partial charge in [0.2, 0.25) is 11.8 Å². The normalized spacial score (nSPS) is 12.7. The summed E-state index contributed by atoms with van der Waals surface area (Å²) in [7, 11) is 0. The Hall–Kier alpha value is -2.69. The van der Waals surface area contributed by atoms with E-state index in [1.54, 1.807) is 12.3 Å². The Morgan fingerprint density at radius 1 is 1.33 bits per heavy atom. The number of aryl methyl sites for hydroxylation is 1. The summed E-state index contributed by atoms with van der Waals surface area (Å²) in [5.41, 5.74) is 4.29. The molecule has 0 unspecified atom stereocenters. The highest BCUT2D eigenvalue weighted by molar-refractivity contribution is 5.99. The summed E-state index contributed by atoms with van der Waals surface area (Å²) in [5, 5.41) is 5.62. The maximum Gasteiger partial charge on any atom is 0.228 e. The predicted molar refractivity (Wildman–Crippen MR) is 80.1 cm³/mol. The summed E-state index contributed by atoms with van der Waals surface area (Å²) in [5.74, 6) is -0.0864. The van der Waals surface area contributed by atoms with Crippen LogP contribution >= 0.6 is 0 Å². The monoisotopic (exact) mass is 281 g/mol. The van der Waals surface area contributed by atoms with Gasteiger partial charge in [0.05, 0.1) is 12.8 Å². The molecule has 5 heteroatoms. The molecule has 0 saturated heterocycles. The predicted octanol–water partition coefficient (Wildman–Crippen LogP) is 2.07. The van der Waals surface area contributed by atoms with Gasteiger partial charge in [0, 0.05) is 23.3 Å². The molecule has 0 fully saturated rings. The third kappa shape index (κ3) is 3.08. The van der Waals surface area contributed by atoms with Gasteiger partial charge in [0.15, 0.2) is 0 Å². The van der Waals surface area contributed by atoms with Crippen LogP contribution in [0.4, 0.5) is 11.4 Å². The van der Waals surface area contributed by atoms with Crippen LogP contribution in [0.2, 0.25) is 0 Å². The van der Waals surface area contributed by atoms with Crippen molar-refractivity contribution in [1.29, 1.82) is 0 Å². The zero-order valence-electron chi connectivity index (χ0n) is 11.6. The molecular formula is C16H15N3O2. The standard InChI is InChI=1S/C16H15N3O2/c1-10-6-13(4-5-17-10)18-15(20)8-11-2-3-14-12(7-11)9-16(21)19-14/h2-7H,8-9H2,1H3,(H,19,21)(H,17,18,20). The Bertz CT molecular complexity index is 725. The second-order valence-electron chi connectivity index (χ2n) is 5.13. The number of nitrogens with zero attached hydrogens (tertiary/aromatic N) is 1. The van der Waals surface area contributed by atoms with Crippen molar-refractivity contribution in [2.75, 3.05) is 10.6 Å². The lowest BCUT2D eigenvalue weighted by Gasteiger charge is -2.07. The molecule has 1 aliphatic rings. The van der Waals surface area contributed by atoms with E-state index in [2.05, 4.69) is 15.6 Å². The molecule has 106 valence electrons. The lowest BCUT2D eigenvalue weighted by atomic mass is 10.1. The molecule has 1 aliphatic heterocycles. The van der Waals surface area contributed by atoms with Crippen LogP contribution < -0.4 is 10.6 Å². The Balaban J connectivity index is 1.68. The van der Waals surface area contributed by atoms with Crippen molar-refractivity contribution in [3.63, 3.8) is 0 Å². The van der Waals surface area contributed by atoms with E-state index < -0.39 is 0 Å².